The molecule has 3 unspecified atom stereocenters. The molecule has 4 rings (SSSR count). The van der Waals surface area contributed by atoms with Gasteiger partial charge in [0, 0.05) is 11.3 Å². The van der Waals surface area contributed by atoms with Crippen molar-refractivity contribution >= 4 is 30.7 Å². The van der Waals surface area contributed by atoms with Gasteiger partial charge >= 0.3 is 0 Å². The smallest absolute Gasteiger partial charge is 0.184 e. The highest BCUT2D eigenvalue weighted by molar-refractivity contribution is 6.70. The first kappa shape index (κ1) is 35.8. The molecule has 9 atom stereocenters. The molecular formula is C36H68O4Si3. The predicted octanol–water partition coefficient (Wildman–Crippen LogP) is 10.2. The van der Waals surface area contributed by atoms with Crippen LogP contribution in [0.1, 0.15) is 92.4 Å². The SMILES string of the molecule is CC(C)CCC[C@@H](C)[C@H]1CC[C@@]2(O[Si](C)(C)C)C3=CC(=O)C4CC(O[Si](C)(C)C)C(O[Si](C)(C)C)C[C@]4(C)[C@H]3CC[C@]12C. The average Bonchev–Trinajstić information content (AvgIpc) is 3.10. The van der Waals surface area contributed by atoms with Crippen molar-refractivity contribution in [1.29, 1.82) is 0 Å². The van der Waals surface area contributed by atoms with Crippen LogP contribution in [0, 0.1) is 40.4 Å². The van der Waals surface area contributed by atoms with Crippen molar-refractivity contribution in [2.45, 2.75) is 169 Å². The average molecular weight is 649 g/mol. The summed E-state index contributed by atoms with van der Waals surface area (Å²) in [6.07, 6.45) is 12.5. The monoisotopic (exact) mass is 648 g/mol. The molecule has 3 saturated carbocycles. The molecule has 7 heteroatoms. The van der Waals surface area contributed by atoms with Gasteiger partial charge in [0.1, 0.15) is 0 Å². The van der Waals surface area contributed by atoms with Gasteiger partial charge in [0.05, 0.1) is 17.8 Å². The normalized spacial score (nSPS) is 39.3. The van der Waals surface area contributed by atoms with E-state index in [4.69, 9.17) is 13.3 Å². The second-order valence-electron chi connectivity index (χ2n) is 19.0. The molecule has 0 N–H and O–H groups in total. The van der Waals surface area contributed by atoms with Gasteiger partial charge in [-0.05, 0) is 138 Å². The van der Waals surface area contributed by atoms with Crippen molar-refractivity contribution in [3.8, 4) is 0 Å². The fraction of sp³-hybridized carbons (Fsp3) is 0.917. The molecule has 0 aliphatic heterocycles. The molecule has 4 aliphatic carbocycles. The van der Waals surface area contributed by atoms with Crippen molar-refractivity contribution < 1.29 is 18.1 Å². The van der Waals surface area contributed by atoms with Gasteiger partial charge in [0.25, 0.3) is 0 Å². The zero-order chi connectivity index (χ0) is 32.4. The van der Waals surface area contributed by atoms with E-state index < -0.39 is 25.0 Å². The standard InChI is InChI=1S/C36H68O4Si3/c1-25(2)16-15-17-26(3)27-19-21-36(40-43(12,13)14)29-22-31(37)30-23-32(38-41(6,7)8)33(39-42(9,10)11)24-34(30,4)28(29)18-20-35(27,36)5/h22,25-28,30,32-33H,15-21,23-24H2,1-14H3/t26-,27-,28+,30?,32?,33?,34-,35-,36-/m1/s1. The van der Waals surface area contributed by atoms with E-state index in [2.05, 4.69) is 99.6 Å². The van der Waals surface area contributed by atoms with Crippen molar-refractivity contribution in [1.82, 2.24) is 0 Å². The lowest BCUT2D eigenvalue weighted by molar-refractivity contribution is -0.148. The van der Waals surface area contributed by atoms with Gasteiger partial charge in [-0.2, -0.15) is 0 Å². The Balaban J connectivity index is 1.75. The lowest BCUT2D eigenvalue weighted by Gasteiger charge is -2.63. The highest BCUT2D eigenvalue weighted by Crippen LogP contribution is 2.70. The molecule has 4 nitrogen and oxygen atoms in total. The summed E-state index contributed by atoms with van der Waals surface area (Å²) in [6, 6.07) is 0. The van der Waals surface area contributed by atoms with E-state index in [1.807, 2.05) is 0 Å². The molecule has 0 heterocycles. The number of carbonyl (C=O) groups excluding carboxylic acids is 1. The molecule has 0 radical (unpaired) electrons. The van der Waals surface area contributed by atoms with Gasteiger partial charge in [-0.15, -0.1) is 0 Å². The third kappa shape index (κ3) is 7.27. The molecule has 0 amide bonds. The highest BCUT2D eigenvalue weighted by atomic mass is 28.4. The van der Waals surface area contributed by atoms with Gasteiger partial charge in [0.15, 0.2) is 30.7 Å². The number of ketones is 1. The van der Waals surface area contributed by atoms with Crippen LogP contribution in [0.2, 0.25) is 58.9 Å². The molecule has 0 saturated heterocycles. The van der Waals surface area contributed by atoms with Crippen LogP contribution in [0.5, 0.6) is 0 Å². The Kier molecular flexibility index (Phi) is 10.1. The number of carbonyl (C=O) groups is 1. The van der Waals surface area contributed by atoms with E-state index in [9.17, 15) is 4.79 Å². The van der Waals surface area contributed by atoms with E-state index in [1.165, 1.54) is 37.7 Å². The first-order valence-electron chi connectivity index (χ1n) is 17.8. The Morgan fingerprint density at radius 1 is 0.814 bits per heavy atom. The molecule has 0 aromatic rings. The summed E-state index contributed by atoms with van der Waals surface area (Å²) in [5.74, 6) is 2.80. The third-order valence-corrected chi connectivity index (χ3v) is 14.7. The molecule has 0 aromatic carbocycles. The predicted molar refractivity (Wildman–Crippen MR) is 189 cm³/mol. The van der Waals surface area contributed by atoms with E-state index in [-0.39, 0.29) is 34.6 Å². The van der Waals surface area contributed by atoms with E-state index in [0.717, 1.165) is 31.6 Å². The summed E-state index contributed by atoms with van der Waals surface area (Å²) in [5.41, 5.74) is 1.01. The number of hydrogen-bond acceptors (Lipinski definition) is 4. The number of allylic oxidation sites excluding steroid dienone is 1. The lowest BCUT2D eigenvalue weighted by atomic mass is 9.46. The van der Waals surface area contributed by atoms with Crippen molar-refractivity contribution in [2.75, 3.05) is 0 Å². The quantitative estimate of drug-likeness (QED) is 0.209. The highest BCUT2D eigenvalue weighted by Gasteiger charge is 2.68. The van der Waals surface area contributed by atoms with Gasteiger partial charge in [-0.1, -0.05) is 53.9 Å². The summed E-state index contributed by atoms with van der Waals surface area (Å²) in [5, 5.41) is 0. The molecular weight excluding hydrogens is 581 g/mol. The lowest BCUT2D eigenvalue weighted by Crippen LogP contribution is -2.64. The Labute approximate surface area is 269 Å². The van der Waals surface area contributed by atoms with Gasteiger partial charge in [-0.25, -0.2) is 0 Å². The van der Waals surface area contributed by atoms with Crippen molar-refractivity contribution in [3.63, 3.8) is 0 Å². The molecule has 4 aliphatic rings. The van der Waals surface area contributed by atoms with E-state index in [0.29, 0.717) is 23.5 Å². The van der Waals surface area contributed by atoms with Crippen molar-refractivity contribution in [3.05, 3.63) is 11.6 Å². The minimum Gasteiger partial charge on any atom is -0.412 e. The Morgan fingerprint density at radius 2 is 1.42 bits per heavy atom. The number of rotatable bonds is 11. The third-order valence-electron chi connectivity index (χ3n) is 11.7. The maximum Gasteiger partial charge on any atom is 0.184 e. The van der Waals surface area contributed by atoms with Crippen molar-refractivity contribution in [2.24, 2.45) is 40.4 Å². The van der Waals surface area contributed by atoms with Gasteiger partial charge < -0.3 is 13.3 Å². The zero-order valence-corrected chi connectivity index (χ0v) is 33.6. The van der Waals surface area contributed by atoms with Crippen LogP contribution < -0.4 is 0 Å². The second kappa shape index (κ2) is 12.2. The minimum atomic E-state index is -1.93. The molecule has 0 aromatic heterocycles. The van der Waals surface area contributed by atoms with Crippen LogP contribution in [0.4, 0.5) is 0 Å². The second-order valence-corrected chi connectivity index (χ2v) is 32.4. The summed E-state index contributed by atoms with van der Waals surface area (Å²) >= 11 is 0. The van der Waals surface area contributed by atoms with Crippen LogP contribution in [-0.4, -0.2) is 48.5 Å². The fourth-order valence-electron chi connectivity index (χ4n) is 10.2. The Bertz CT molecular complexity index is 1050. The van der Waals surface area contributed by atoms with E-state index >= 15 is 0 Å². The Hall–Kier alpha value is -0.0594. The van der Waals surface area contributed by atoms with Crippen LogP contribution in [0.3, 0.4) is 0 Å². The number of hydrogen-bond donors (Lipinski definition) is 0. The molecule has 43 heavy (non-hydrogen) atoms. The topological polar surface area (TPSA) is 44.8 Å². The summed E-state index contributed by atoms with van der Waals surface area (Å²) in [7, 11) is -5.55. The summed E-state index contributed by atoms with van der Waals surface area (Å²) < 4.78 is 21.3. The number of fused-ring (bicyclic) bond motifs is 5. The van der Waals surface area contributed by atoms with Crippen LogP contribution in [-0.2, 0) is 18.1 Å². The minimum absolute atomic E-state index is 0.00419. The Morgan fingerprint density at radius 3 is 1.98 bits per heavy atom. The molecule has 0 bridgehead atoms. The maximum atomic E-state index is 14.4. The van der Waals surface area contributed by atoms with Crippen LogP contribution >= 0.6 is 0 Å². The first-order chi connectivity index (χ1) is 19.5. The van der Waals surface area contributed by atoms with Gasteiger partial charge in [0.2, 0.25) is 0 Å². The summed E-state index contributed by atoms with van der Waals surface area (Å²) in [4.78, 5) is 14.4. The van der Waals surface area contributed by atoms with Crippen LogP contribution in [0.15, 0.2) is 11.6 Å². The van der Waals surface area contributed by atoms with Gasteiger partial charge in [-0.3, -0.25) is 4.79 Å². The maximum absolute atomic E-state index is 14.4. The molecule has 248 valence electrons. The molecule has 3 fully saturated rings. The molecule has 0 spiro atoms. The van der Waals surface area contributed by atoms with E-state index in [1.54, 1.807) is 0 Å². The largest absolute Gasteiger partial charge is 0.412 e. The van der Waals surface area contributed by atoms with Crippen LogP contribution in [0.25, 0.3) is 0 Å². The fourth-order valence-corrected chi connectivity index (χ4v) is 14.0. The zero-order valence-electron chi connectivity index (χ0n) is 30.6. The summed E-state index contributed by atoms with van der Waals surface area (Å²) in [6.45, 7) is 33.0. The first-order valence-corrected chi connectivity index (χ1v) is 28.1.